The Hall–Kier alpha value is -2.56. The third-order valence-corrected chi connectivity index (χ3v) is 2.62. The number of phenols is 1. The molecule has 0 fully saturated rings. The molecule has 19 heavy (non-hydrogen) atoms. The number of benzene rings is 1. The first-order valence-corrected chi connectivity index (χ1v) is 5.58. The number of esters is 1. The zero-order valence-corrected chi connectivity index (χ0v) is 10.6. The molecule has 5 heteroatoms. The van der Waals surface area contributed by atoms with E-state index in [2.05, 4.69) is 9.72 Å². The van der Waals surface area contributed by atoms with E-state index in [1.165, 1.54) is 20.3 Å². The molecule has 2 rings (SSSR count). The van der Waals surface area contributed by atoms with Crippen LogP contribution in [0, 0.1) is 0 Å². The van der Waals surface area contributed by atoms with E-state index in [0.717, 1.165) is 0 Å². The Labute approximate surface area is 110 Å². The number of aromatic nitrogens is 1. The molecule has 0 atom stereocenters. The van der Waals surface area contributed by atoms with Gasteiger partial charge in [0.1, 0.15) is 5.69 Å². The van der Waals surface area contributed by atoms with Crippen molar-refractivity contribution in [2.75, 3.05) is 14.2 Å². The Balaban J connectivity index is 2.41. The average Bonchev–Trinajstić information content (AvgIpc) is 2.46. The van der Waals surface area contributed by atoms with E-state index in [9.17, 15) is 9.90 Å². The van der Waals surface area contributed by atoms with Crippen LogP contribution in [0.3, 0.4) is 0 Å². The zero-order valence-electron chi connectivity index (χ0n) is 10.6. The first-order valence-electron chi connectivity index (χ1n) is 5.58. The van der Waals surface area contributed by atoms with Crippen molar-refractivity contribution in [3.8, 4) is 22.8 Å². The predicted octanol–water partition coefficient (Wildman–Crippen LogP) is 2.25. The van der Waals surface area contributed by atoms with E-state index in [1.807, 2.05) is 0 Å². The summed E-state index contributed by atoms with van der Waals surface area (Å²) in [6.07, 6.45) is 0. The summed E-state index contributed by atoms with van der Waals surface area (Å²) in [7, 11) is 2.78. The molecule has 1 heterocycles. The van der Waals surface area contributed by atoms with Crippen LogP contribution >= 0.6 is 0 Å². The summed E-state index contributed by atoms with van der Waals surface area (Å²) in [6, 6.07) is 9.93. The number of carbonyl (C=O) groups is 1. The van der Waals surface area contributed by atoms with Crippen LogP contribution in [-0.4, -0.2) is 30.3 Å². The molecular weight excluding hydrogens is 246 g/mol. The van der Waals surface area contributed by atoms with E-state index < -0.39 is 5.97 Å². The van der Waals surface area contributed by atoms with Crippen molar-refractivity contribution in [2.24, 2.45) is 0 Å². The molecule has 1 aromatic carbocycles. The molecule has 0 aliphatic rings. The molecule has 0 radical (unpaired) electrons. The van der Waals surface area contributed by atoms with Crippen molar-refractivity contribution >= 4 is 5.97 Å². The van der Waals surface area contributed by atoms with Gasteiger partial charge in [-0.2, -0.15) is 0 Å². The van der Waals surface area contributed by atoms with Crippen molar-refractivity contribution < 1.29 is 19.4 Å². The zero-order chi connectivity index (χ0) is 13.8. The molecule has 0 saturated carbocycles. The van der Waals surface area contributed by atoms with E-state index >= 15 is 0 Å². The molecule has 2 aromatic rings. The highest BCUT2D eigenvalue weighted by molar-refractivity contribution is 5.87. The molecule has 0 spiro atoms. The molecule has 0 unspecified atom stereocenters. The van der Waals surface area contributed by atoms with Gasteiger partial charge in [-0.1, -0.05) is 6.07 Å². The lowest BCUT2D eigenvalue weighted by molar-refractivity contribution is 0.0594. The molecular formula is C14H13NO4. The van der Waals surface area contributed by atoms with Gasteiger partial charge in [-0.25, -0.2) is 9.78 Å². The van der Waals surface area contributed by atoms with Gasteiger partial charge in [0.15, 0.2) is 11.5 Å². The van der Waals surface area contributed by atoms with Crippen LogP contribution in [0.1, 0.15) is 10.5 Å². The molecule has 98 valence electrons. The maximum atomic E-state index is 11.4. The van der Waals surface area contributed by atoms with Gasteiger partial charge in [0.05, 0.1) is 19.9 Å². The number of phenolic OH excluding ortho intramolecular Hbond substituents is 1. The van der Waals surface area contributed by atoms with Gasteiger partial charge < -0.3 is 14.6 Å². The maximum absolute atomic E-state index is 11.4. The number of hydrogen-bond donors (Lipinski definition) is 1. The number of carbonyl (C=O) groups excluding carboxylic acids is 1. The summed E-state index contributed by atoms with van der Waals surface area (Å²) in [5.74, 6) is -0.0993. The minimum absolute atomic E-state index is 0.0188. The number of hydrogen-bond acceptors (Lipinski definition) is 5. The predicted molar refractivity (Wildman–Crippen MR) is 69.2 cm³/mol. The monoisotopic (exact) mass is 259 g/mol. The largest absolute Gasteiger partial charge is 0.504 e. The van der Waals surface area contributed by atoms with E-state index in [4.69, 9.17) is 4.74 Å². The van der Waals surface area contributed by atoms with E-state index in [1.54, 1.807) is 30.3 Å². The molecule has 0 amide bonds. The molecule has 0 bridgehead atoms. The molecule has 0 aliphatic carbocycles. The Morgan fingerprint density at radius 3 is 2.63 bits per heavy atom. The van der Waals surface area contributed by atoms with Crippen molar-refractivity contribution in [3.05, 3.63) is 42.1 Å². The first kappa shape index (κ1) is 12.9. The summed E-state index contributed by atoms with van der Waals surface area (Å²) in [4.78, 5) is 15.6. The minimum Gasteiger partial charge on any atom is -0.504 e. The topological polar surface area (TPSA) is 68.7 Å². The quantitative estimate of drug-likeness (QED) is 0.856. The maximum Gasteiger partial charge on any atom is 0.356 e. The first-order chi connectivity index (χ1) is 9.15. The summed E-state index contributed by atoms with van der Waals surface area (Å²) >= 11 is 0. The highest BCUT2D eigenvalue weighted by Gasteiger charge is 2.10. The number of ether oxygens (including phenoxy) is 2. The minimum atomic E-state index is -0.500. The Morgan fingerprint density at radius 1 is 1.21 bits per heavy atom. The molecule has 1 N–H and O–H groups in total. The van der Waals surface area contributed by atoms with Crippen molar-refractivity contribution in [1.29, 1.82) is 0 Å². The molecule has 1 aromatic heterocycles. The van der Waals surface area contributed by atoms with Gasteiger partial charge in [-0.05, 0) is 30.3 Å². The van der Waals surface area contributed by atoms with Crippen LogP contribution in [0.2, 0.25) is 0 Å². The van der Waals surface area contributed by atoms with Gasteiger partial charge in [-0.3, -0.25) is 0 Å². The highest BCUT2D eigenvalue weighted by atomic mass is 16.5. The summed E-state index contributed by atoms with van der Waals surface area (Å²) in [5, 5.41) is 9.73. The average molecular weight is 259 g/mol. The molecule has 0 saturated heterocycles. The third-order valence-electron chi connectivity index (χ3n) is 2.62. The van der Waals surface area contributed by atoms with Gasteiger partial charge in [-0.15, -0.1) is 0 Å². The number of methoxy groups -OCH3 is 2. The SMILES string of the molecule is COC(=O)c1cccc(-c2ccc(OC)c(O)c2)n1. The third kappa shape index (κ3) is 2.65. The second-order valence-corrected chi connectivity index (χ2v) is 3.79. The normalized spacial score (nSPS) is 10.0. The Morgan fingerprint density at radius 2 is 2.00 bits per heavy atom. The summed E-state index contributed by atoms with van der Waals surface area (Å²) < 4.78 is 9.59. The van der Waals surface area contributed by atoms with Crippen LogP contribution in [0.4, 0.5) is 0 Å². The van der Waals surface area contributed by atoms with Gasteiger partial charge in [0.2, 0.25) is 0 Å². The van der Waals surface area contributed by atoms with Gasteiger partial charge in [0, 0.05) is 5.56 Å². The lowest BCUT2D eigenvalue weighted by atomic mass is 10.1. The van der Waals surface area contributed by atoms with E-state index in [0.29, 0.717) is 17.0 Å². The van der Waals surface area contributed by atoms with E-state index in [-0.39, 0.29) is 11.4 Å². The Bertz CT molecular complexity index is 610. The number of aromatic hydroxyl groups is 1. The lowest BCUT2D eigenvalue weighted by Crippen LogP contribution is -2.04. The van der Waals surface area contributed by atoms with Crippen LogP contribution < -0.4 is 4.74 Å². The second-order valence-electron chi connectivity index (χ2n) is 3.79. The van der Waals surface area contributed by atoms with Crippen molar-refractivity contribution in [2.45, 2.75) is 0 Å². The molecule has 5 nitrogen and oxygen atoms in total. The molecule has 0 aliphatic heterocycles. The summed E-state index contributed by atoms with van der Waals surface area (Å²) in [6.45, 7) is 0. The van der Waals surface area contributed by atoms with Gasteiger partial charge in [0.25, 0.3) is 0 Å². The standard InChI is InChI=1S/C14H13NO4/c1-18-13-7-6-9(8-12(13)16)10-4-3-5-11(15-10)14(17)19-2/h3-8,16H,1-2H3. The highest BCUT2D eigenvalue weighted by Crippen LogP contribution is 2.30. The number of rotatable bonds is 3. The van der Waals surface area contributed by atoms with Crippen LogP contribution in [0.25, 0.3) is 11.3 Å². The van der Waals surface area contributed by atoms with Crippen LogP contribution in [0.5, 0.6) is 11.5 Å². The second kappa shape index (κ2) is 5.39. The lowest BCUT2D eigenvalue weighted by Gasteiger charge is -2.07. The van der Waals surface area contributed by atoms with Crippen LogP contribution in [-0.2, 0) is 4.74 Å². The smallest absolute Gasteiger partial charge is 0.356 e. The number of nitrogens with zero attached hydrogens (tertiary/aromatic N) is 1. The fraction of sp³-hybridized carbons (Fsp3) is 0.143. The number of pyridine rings is 1. The fourth-order valence-corrected chi connectivity index (χ4v) is 1.66. The van der Waals surface area contributed by atoms with Crippen molar-refractivity contribution in [1.82, 2.24) is 4.98 Å². The van der Waals surface area contributed by atoms with Crippen molar-refractivity contribution in [3.63, 3.8) is 0 Å². The fourth-order valence-electron chi connectivity index (χ4n) is 1.66. The van der Waals surface area contributed by atoms with Gasteiger partial charge >= 0.3 is 5.97 Å². The Kier molecular flexibility index (Phi) is 3.66. The van der Waals surface area contributed by atoms with Crippen LogP contribution in [0.15, 0.2) is 36.4 Å². The summed E-state index contributed by atoms with van der Waals surface area (Å²) in [5.41, 5.74) is 1.47.